The molecule has 0 spiro atoms. The summed E-state index contributed by atoms with van der Waals surface area (Å²) in [4.78, 5) is 13.0. The van der Waals surface area contributed by atoms with Crippen molar-refractivity contribution < 1.29 is 30.0 Å². The third-order valence-electron chi connectivity index (χ3n) is 11.5. The first-order valence-corrected chi connectivity index (χ1v) is 13.7. The summed E-state index contributed by atoms with van der Waals surface area (Å²) in [6, 6.07) is 0. The van der Waals surface area contributed by atoms with E-state index in [1.165, 1.54) is 0 Å². The molecule has 0 aromatic rings. The van der Waals surface area contributed by atoms with E-state index in [2.05, 4.69) is 34.6 Å². The maximum atomic E-state index is 13.0. The molecule has 13 atom stereocenters. The predicted octanol–water partition coefficient (Wildman–Crippen LogP) is 3.39. The van der Waals surface area contributed by atoms with Crippen molar-refractivity contribution in [1.82, 2.24) is 0 Å². The van der Waals surface area contributed by atoms with Gasteiger partial charge in [0.1, 0.15) is 0 Å². The largest absolute Gasteiger partial charge is 0.465 e. The zero-order valence-corrected chi connectivity index (χ0v) is 22.0. The van der Waals surface area contributed by atoms with Gasteiger partial charge in [0, 0.05) is 0 Å². The van der Waals surface area contributed by atoms with E-state index in [4.69, 9.17) is 4.74 Å². The van der Waals surface area contributed by atoms with Crippen molar-refractivity contribution in [3.63, 3.8) is 0 Å². The molecule has 1 heterocycles. The van der Waals surface area contributed by atoms with Crippen molar-refractivity contribution in [3.8, 4) is 0 Å². The van der Waals surface area contributed by atoms with Crippen LogP contribution in [0.15, 0.2) is 0 Å². The maximum Gasteiger partial charge on any atom is 0.309 e. The molecular weight excluding hydrogens is 432 g/mol. The Hall–Kier alpha value is -0.690. The standard InChI is InChI=1S/C28H48O6/c1-14(2)15(3)24(31)25(32)16(4)18-7-8-19-17-13-34-26(33)21-11-22(29)23(30)12-28(21,6)20(17)9-10-27(18,19)5/h14-25,29-32H,7-13H2,1-6H3/t15-,16-,17-,18+,19-,20-,21-,22-,23+,24+,25+,27+,28+/m0/s1. The number of carbonyl (C=O) groups excluding carboxylic acids is 1. The second-order valence-corrected chi connectivity index (χ2v) is 13.3. The Balaban J connectivity index is 1.58. The van der Waals surface area contributed by atoms with E-state index in [0.29, 0.717) is 30.8 Å². The lowest BCUT2D eigenvalue weighted by atomic mass is 9.48. The number of fused-ring (bicyclic) bond motifs is 5. The van der Waals surface area contributed by atoms with Crippen LogP contribution in [-0.4, -0.2) is 57.4 Å². The molecular formula is C28H48O6. The first-order chi connectivity index (χ1) is 15.8. The molecule has 3 aliphatic carbocycles. The van der Waals surface area contributed by atoms with Crippen LogP contribution in [0.1, 0.15) is 80.1 Å². The molecule has 6 nitrogen and oxygen atoms in total. The van der Waals surface area contributed by atoms with Crippen molar-refractivity contribution in [2.75, 3.05) is 6.61 Å². The Kier molecular flexibility index (Phi) is 7.23. The van der Waals surface area contributed by atoms with Gasteiger partial charge in [0.25, 0.3) is 0 Å². The average molecular weight is 481 g/mol. The van der Waals surface area contributed by atoms with Crippen LogP contribution in [0.4, 0.5) is 0 Å². The Morgan fingerprint density at radius 1 is 0.912 bits per heavy atom. The summed E-state index contributed by atoms with van der Waals surface area (Å²) in [5.41, 5.74) is -0.345. The van der Waals surface area contributed by atoms with Gasteiger partial charge in [-0.3, -0.25) is 4.79 Å². The number of hydrogen-bond donors (Lipinski definition) is 4. The van der Waals surface area contributed by atoms with Gasteiger partial charge in [-0.1, -0.05) is 41.5 Å². The number of ether oxygens (including phenoxy) is 1. The SMILES string of the molecule is CC(C)[C@H](C)[C@@H](O)[C@H](O)[C@@H](C)[C@H]1CC[C@H]2[C@@H]3COC(=O)[C@@H]4C[C@H](O)[C@H](O)C[C@]4(C)[C@H]3CC[C@]12C. The van der Waals surface area contributed by atoms with Gasteiger partial charge in [0.15, 0.2) is 0 Å². The molecule has 0 aromatic carbocycles. The van der Waals surface area contributed by atoms with Gasteiger partial charge < -0.3 is 25.2 Å². The summed E-state index contributed by atoms with van der Waals surface area (Å²) < 4.78 is 5.86. The summed E-state index contributed by atoms with van der Waals surface area (Å²) in [6.45, 7) is 13.2. The lowest BCUT2D eigenvalue weighted by molar-refractivity contribution is -0.162. The summed E-state index contributed by atoms with van der Waals surface area (Å²) >= 11 is 0. The van der Waals surface area contributed by atoms with Crippen LogP contribution < -0.4 is 0 Å². The van der Waals surface area contributed by atoms with E-state index < -0.39 is 24.4 Å². The average Bonchev–Trinajstić information content (AvgIpc) is 3.09. The monoisotopic (exact) mass is 480 g/mol. The van der Waals surface area contributed by atoms with E-state index in [1.54, 1.807) is 0 Å². The number of esters is 1. The van der Waals surface area contributed by atoms with E-state index in [0.717, 1.165) is 25.7 Å². The lowest BCUT2D eigenvalue weighted by Crippen LogP contribution is -2.55. The van der Waals surface area contributed by atoms with Crippen molar-refractivity contribution in [3.05, 3.63) is 0 Å². The molecule has 0 bridgehead atoms. The Bertz CT molecular complexity index is 755. The van der Waals surface area contributed by atoms with Gasteiger partial charge in [-0.25, -0.2) is 0 Å². The molecule has 1 aliphatic heterocycles. The van der Waals surface area contributed by atoms with Crippen molar-refractivity contribution in [2.45, 2.75) is 104 Å². The number of aliphatic hydroxyl groups excluding tert-OH is 4. The topological polar surface area (TPSA) is 107 Å². The van der Waals surface area contributed by atoms with Crippen LogP contribution in [0.2, 0.25) is 0 Å². The molecule has 4 fully saturated rings. The molecule has 4 rings (SSSR count). The van der Waals surface area contributed by atoms with Crippen LogP contribution in [0.3, 0.4) is 0 Å². The fourth-order valence-electron chi connectivity index (χ4n) is 8.95. The van der Waals surface area contributed by atoms with Gasteiger partial charge in [-0.2, -0.15) is 0 Å². The number of aliphatic hydroxyl groups is 4. The van der Waals surface area contributed by atoms with Crippen LogP contribution in [0.25, 0.3) is 0 Å². The number of cyclic esters (lactones) is 1. The highest BCUT2D eigenvalue weighted by Crippen LogP contribution is 2.66. The molecule has 0 amide bonds. The first kappa shape index (κ1) is 26.4. The minimum absolute atomic E-state index is 0.00827. The summed E-state index contributed by atoms with van der Waals surface area (Å²) in [6.07, 6.45) is 1.61. The first-order valence-electron chi connectivity index (χ1n) is 13.7. The summed E-state index contributed by atoms with van der Waals surface area (Å²) in [5.74, 6) is 0.948. The van der Waals surface area contributed by atoms with Gasteiger partial charge >= 0.3 is 5.97 Å². The van der Waals surface area contributed by atoms with Crippen LogP contribution in [0, 0.1) is 58.2 Å². The van der Waals surface area contributed by atoms with Crippen LogP contribution in [-0.2, 0) is 9.53 Å². The highest BCUT2D eigenvalue weighted by molar-refractivity contribution is 5.74. The molecule has 0 aromatic heterocycles. The zero-order chi connectivity index (χ0) is 25.2. The lowest BCUT2D eigenvalue weighted by Gasteiger charge is -2.56. The van der Waals surface area contributed by atoms with Crippen LogP contribution in [0.5, 0.6) is 0 Å². The third-order valence-corrected chi connectivity index (χ3v) is 11.5. The summed E-state index contributed by atoms with van der Waals surface area (Å²) in [7, 11) is 0. The van der Waals surface area contributed by atoms with E-state index >= 15 is 0 Å². The second kappa shape index (κ2) is 9.32. The van der Waals surface area contributed by atoms with Crippen molar-refractivity contribution >= 4 is 5.97 Å². The number of rotatable bonds is 5. The fourth-order valence-corrected chi connectivity index (χ4v) is 8.95. The van der Waals surface area contributed by atoms with Crippen molar-refractivity contribution in [1.29, 1.82) is 0 Å². The number of hydrogen-bond acceptors (Lipinski definition) is 6. The van der Waals surface area contributed by atoms with Gasteiger partial charge in [0.05, 0.1) is 36.9 Å². The van der Waals surface area contributed by atoms with E-state index in [9.17, 15) is 25.2 Å². The maximum absolute atomic E-state index is 13.0. The molecule has 1 saturated heterocycles. The van der Waals surface area contributed by atoms with E-state index in [1.807, 2.05) is 6.92 Å². The molecule has 6 heteroatoms. The van der Waals surface area contributed by atoms with Gasteiger partial charge in [-0.05, 0) is 90.8 Å². The quantitative estimate of drug-likeness (QED) is 0.450. The minimum atomic E-state index is -0.867. The van der Waals surface area contributed by atoms with Gasteiger partial charge in [-0.15, -0.1) is 0 Å². The molecule has 34 heavy (non-hydrogen) atoms. The normalized spacial score (nSPS) is 48.1. The van der Waals surface area contributed by atoms with Gasteiger partial charge in [0.2, 0.25) is 0 Å². The molecule has 4 aliphatic rings. The third kappa shape index (κ3) is 4.05. The Morgan fingerprint density at radius 3 is 2.21 bits per heavy atom. The van der Waals surface area contributed by atoms with Crippen LogP contribution >= 0.6 is 0 Å². The smallest absolute Gasteiger partial charge is 0.309 e. The zero-order valence-electron chi connectivity index (χ0n) is 22.0. The fraction of sp³-hybridized carbons (Fsp3) is 0.964. The Morgan fingerprint density at radius 2 is 1.56 bits per heavy atom. The predicted molar refractivity (Wildman–Crippen MR) is 130 cm³/mol. The molecule has 0 unspecified atom stereocenters. The van der Waals surface area contributed by atoms with Crippen molar-refractivity contribution in [2.24, 2.45) is 58.2 Å². The summed E-state index contributed by atoms with van der Waals surface area (Å²) in [5, 5.41) is 42.9. The molecule has 0 radical (unpaired) electrons. The van der Waals surface area contributed by atoms with E-state index in [-0.39, 0.29) is 52.8 Å². The number of carbonyl (C=O) groups is 1. The minimum Gasteiger partial charge on any atom is -0.465 e. The second-order valence-electron chi connectivity index (χ2n) is 13.3. The molecule has 3 saturated carbocycles. The molecule has 196 valence electrons. The molecule has 4 N–H and O–H groups in total. The highest BCUT2D eigenvalue weighted by Gasteiger charge is 2.63. The highest BCUT2D eigenvalue weighted by atomic mass is 16.5. The Labute approximate surface area is 205 Å².